The highest BCUT2D eigenvalue weighted by Gasteiger charge is 2.09. The van der Waals surface area contributed by atoms with Crippen LogP contribution in [0.15, 0.2) is 29.5 Å². The molecule has 0 fully saturated rings. The van der Waals surface area contributed by atoms with Crippen LogP contribution in [0.25, 0.3) is 0 Å². The van der Waals surface area contributed by atoms with Crippen LogP contribution in [0.5, 0.6) is 0 Å². The van der Waals surface area contributed by atoms with Gasteiger partial charge >= 0.3 is 0 Å². The molecule has 1 aromatic heterocycles. The van der Waals surface area contributed by atoms with Crippen LogP contribution in [0.2, 0.25) is 10.0 Å². The number of guanidine groups is 1. The lowest BCUT2D eigenvalue weighted by molar-refractivity contribution is 0.476. The van der Waals surface area contributed by atoms with Gasteiger partial charge in [0, 0.05) is 26.7 Å². The van der Waals surface area contributed by atoms with Crippen molar-refractivity contribution in [3.8, 4) is 0 Å². The van der Waals surface area contributed by atoms with Crippen LogP contribution in [-0.2, 0) is 19.6 Å². The third-order valence-electron chi connectivity index (χ3n) is 3.51. The van der Waals surface area contributed by atoms with Crippen LogP contribution < -0.4 is 5.32 Å². The molecular weight excluding hydrogens is 474 g/mol. The van der Waals surface area contributed by atoms with Crippen LogP contribution in [0, 0.1) is 0 Å². The third-order valence-corrected chi connectivity index (χ3v) is 4.25. The van der Waals surface area contributed by atoms with E-state index in [0.29, 0.717) is 23.1 Å². The average molecular weight is 497 g/mol. The van der Waals surface area contributed by atoms with Gasteiger partial charge in [0.1, 0.15) is 12.9 Å². The summed E-state index contributed by atoms with van der Waals surface area (Å²) in [5.41, 5.74) is 1.06. The fourth-order valence-electron chi connectivity index (χ4n) is 2.27. The number of rotatable bonds is 6. The predicted molar refractivity (Wildman–Crippen MR) is 114 cm³/mol. The quantitative estimate of drug-likeness (QED) is 0.375. The fraction of sp³-hybridized carbons (Fsp3) is 0.438. The lowest BCUT2D eigenvalue weighted by Gasteiger charge is -2.22. The zero-order valence-corrected chi connectivity index (χ0v) is 18.4. The SMILES string of the molecule is CCNC(=NCc1nncn1CC)N(C)Cc1ccc(Cl)c(Cl)c1.I. The first-order valence-electron chi connectivity index (χ1n) is 7.85. The number of hydrogen-bond acceptors (Lipinski definition) is 3. The molecule has 0 atom stereocenters. The molecule has 1 N–H and O–H groups in total. The first-order valence-corrected chi connectivity index (χ1v) is 8.60. The molecule has 0 spiro atoms. The van der Waals surface area contributed by atoms with Gasteiger partial charge in [-0.05, 0) is 31.5 Å². The number of aromatic nitrogens is 3. The van der Waals surface area contributed by atoms with Crippen LogP contribution in [-0.4, -0.2) is 39.2 Å². The molecule has 0 aliphatic carbocycles. The maximum Gasteiger partial charge on any atom is 0.194 e. The van der Waals surface area contributed by atoms with Crippen molar-refractivity contribution >= 4 is 53.1 Å². The minimum Gasteiger partial charge on any atom is -0.357 e. The van der Waals surface area contributed by atoms with Crippen molar-refractivity contribution in [3.05, 3.63) is 46.0 Å². The summed E-state index contributed by atoms with van der Waals surface area (Å²) >= 11 is 12.1. The Balaban J connectivity index is 0.00000312. The van der Waals surface area contributed by atoms with Gasteiger partial charge in [-0.1, -0.05) is 29.3 Å². The highest BCUT2D eigenvalue weighted by molar-refractivity contribution is 14.0. The number of nitrogens with zero attached hydrogens (tertiary/aromatic N) is 5. The molecule has 1 heterocycles. The van der Waals surface area contributed by atoms with Crippen molar-refractivity contribution in [2.45, 2.75) is 33.5 Å². The van der Waals surface area contributed by atoms with E-state index in [1.807, 2.05) is 35.6 Å². The highest BCUT2D eigenvalue weighted by atomic mass is 127. The van der Waals surface area contributed by atoms with E-state index in [0.717, 1.165) is 30.4 Å². The summed E-state index contributed by atoms with van der Waals surface area (Å²) in [7, 11) is 1.98. The Bertz CT molecular complexity index is 704. The molecule has 0 aliphatic rings. The predicted octanol–water partition coefficient (Wildman–Crippen LogP) is 3.82. The molecule has 1 aromatic carbocycles. The van der Waals surface area contributed by atoms with Crippen molar-refractivity contribution < 1.29 is 0 Å². The molecular formula is C16H23Cl2IN6. The zero-order chi connectivity index (χ0) is 17.5. The second-order valence-corrected chi connectivity index (χ2v) is 6.12. The molecule has 25 heavy (non-hydrogen) atoms. The van der Waals surface area contributed by atoms with E-state index in [-0.39, 0.29) is 24.0 Å². The minimum atomic E-state index is 0. The second-order valence-electron chi connectivity index (χ2n) is 5.31. The average Bonchev–Trinajstić information content (AvgIpc) is 3.02. The molecule has 138 valence electrons. The minimum absolute atomic E-state index is 0. The van der Waals surface area contributed by atoms with E-state index in [2.05, 4.69) is 27.4 Å². The van der Waals surface area contributed by atoms with Crippen molar-refractivity contribution in [1.29, 1.82) is 0 Å². The summed E-state index contributed by atoms with van der Waals surface area (Å²) in [5.74, 6) is 1.64. The van der Waals surface area contributed by atoms with Gasteiger partial charge in [0.15, 0.2) is 11.8 Å². The van der Waals surface area contributed by atoms with Crippen molar-refractivity contribution in [2.24, 2.45) is 4.99 Å². The molecule has 6 nitrogen and oxygen atoms in total. The molecule has 0 bridgehead atoms. The van der Waals surface area contributed by atoms with Gasteiger partial charge in [-0.25, -0.2) is 4.99 Å². The van der Waals surface area contributed by atoms with Crippen LogP contribution in [0.4, 0.5) is 0 Å². The monoisotopic (exact) mass is 496 g/mol. The molecule has 0 radical (unpaired) electrons. The Kier molecular flexibility index (Phi) is 9.52. The number of hydrogen-bond donors (Lipinski definition) is 1. The largest absolute Gasteiger partial charge is 0.357 e. The second kappa shape index (κ2) is 10.8. The molecule has 0 saturated carbocycles. The van der Waals surface area contributed by atoms with Gasteiger partial charge < -0.3 is 14.8 Å². The van der Waals surface area contributed by atoms with Gasteiger partial charge in [-0.2, -0.15) is 0 Å². The Morgan fingerprint density at radius 2 is 2.04 bits per heavy atom. The first kappa shape index (κ1) is 22.0. The topological polar surface area (TPSA) is 58.3 Å². The molecule has 2 aromatic rings. The molecule has 9 heteroatoms. The Morgan fingerprint density at radius 1 is 1.28 bits per heavy atom. The Hall–Kier alpha value is -1.06. The van der Waals surface area contributed by atoms with Gasteiger partial charge in [0.2, 0.25) is 0 Å². The first-order chi connectivity index (χ1) is 11.5. The summed E-state index contributed by atoms with van der Waals surface area (Å²) < 4.78 is 1.98. The molecule has 0 amide bonds. The third kappa shape index (κ3) is 6.31. The van der Waals surface area contributed by atoms with E-state index in [1.54, 1.807) is 12.4 Å². The fourth-order valence-corrected chi connectivity index (χ4v) is 2.59. The van der Waals surface area contributed by atoms with E-state index >= 15 is 0 Å². The van der Waals surface area contributed by atoms with Crippen molar-refractivity contribution in [1.82, 2.24) is 25.0 Å². The lowest BCUT2D eigenvalue weighted by atomic mass is 10.2. The van der Waals surface area contributed by atoms with Crippen LogP contribution in [0.3, 0.4) is 0 Å². The summed E-state index contributed by atoms with van der Waals surface area (Å²) in [6, 6.07) is 5.64. The molecule has 2 rings (SSSR count). The maximum atomic E-state index is 6.09. The lowest BCUT2D eigenvalue weighted by Crippen LogP contribution is -2.38. The highest BCUT2D eigenvalue weighted by Crippen LogP contribution is 2.23. The Morgan fingerprint density at radius 3 is 2.68 bits per heavy atom. The number of halogens is 3. The van der Waals surface area contributed by atoms with Crippen LogP contribution >= 0.6 is 47.2 Å². The van der Waals surface area contributed by atoms with Gasteiger partial charge in [0.05, 0.1) is 10.0 Å². The maximum absolute atomic E-state index is 6.09. The van der Waals surface area contributed by atoms with Crippen molar-refractivity contribution in [3.63, 3.8) is 0 Å². The van der Waals surface area contributed by atoms with E-state index < -0.39 is 0 Å². The molecule has 0 aliphatic heterocycles. The van der Waals surface area contributed by atoms with Gasteiger partial charge in [-0.15, -0.1) is 34.2 Å². The summed E-state index contributed by atoms with van der Waals surface area (Å²) in [5, 5.41) is 12.4. The standard InChI is InChI=1S/C16H22Cl2N6.HI/c1-4-19-16(20-9-15-22-21-11-24(15)5-2)23(3)10-12-6-7-13(17)14(18)8-12;/h6-8,11H,4-5,9-10H2,1-3H3,(H,19,20);1H. The molecule has 0 saturated heterocycles. The Labute approximate surface area is 175 Å². The normalized spacial score (nSPS) is 11.2. The number of aliphatic imine (C=N–C) groups is 1. The summed E-state index contributed by atoms with van der Waals surface area (Å²) in [6.07, 6.45) is 1.72. The summed E-state index contributed by atoms with van der Waals surface area (Å²) in [4.78, 5) is 6.69. The number of aryl methyl sites for hydroxylation is 1. The van der Waals surface area contributed by atoms with Crippen molar-refractivity contribution in [2.75, 3.05) is 13.6 Å². The van der Waals surface area contributed by atoms with E-state index in [1.165, 1.54) is 0 Å². The summed E-state index contributed by atoms with van der Waals surface area (Å²) in [6.45, 7) is 6.85. The molecule has 0 unspecified atom stereocenters. The van der Waals surface area contributed by atoms with Crippen LogP contribution in [0.1, 0.15) is 25.2 Å². The number of nitrogens with one attached hydrogen (secondary N) is 1. The zero-order valence-electron chi connectivity index (χ0n) is 14.5. The number of benzene rings is 1. The van der Waals surface area contributed by atoms with Gasteiger partial charge in [0.25, 0.3) is 0 Å². The van der Waals surface area contributed by atoms with E-state index in [9.17, 15) is 0 Å². The smallest absolute Gasteiger partial charge is 0.194 e. The van der Waals surface area contributed by atoms with Gasteiger partial charge in [-0.3, -0.25) is 0 Å². The van der Waals surface area contributed by atoms with E-state index in [4.69, 9.17) is 23.2 Å².